The van der Waals surface area contributed by atoms with Gasteiger partial charge in [-0.2, -0.15) is 0 Å². The molecule has 1 nitrogen and oxygen atoms in total. The van der Waals surface area contributed by atoms with E-state index in [4.69, 9.17) is 4.74 Å². The maximum Gasteiger partial charge on any atom is 0.127 e. The second-order valence-corrected chi connectivity index (χ2v) is 4.86. The van der Waals surface area contributed by atoms with Gasteiger partial charge in [0.25, 0.3) is 0 Å². The molecule has 0 saturated heterocycles. The van der Waals surface area contributed by atoms with Gasteiger partial charge in [-0.3, -0.25) is 0 Å². The maximum atomic E-state index is 5.78. The number of hydrogen-bond acceptors (Lipinski definition) is 1. The molecule has 0 spiro atoms. The predicted octanol–water partition coefficient (Wildman–Crippen LogP) is 4.37. The summed E-state index contributed by atoms with van der Waals surface area (Å²) < 4.78 is 5.78. The van der Waals surface area contributed by atoms with Gasteiger partial charge in [-0.1, -0.05) is 50.2 Å². The lowest BCUT2D eigenvalue weighted by Gasteiger charge is -2.21. The quantitative estimate of drug-likeness (QED) is 0.699. The van der Waals surface area contributed by atoms with E-state index in [2.05, 4.69) is 44.2 Å². The van der Waals surface area contributed by atoms with Gasteiger partial charge in [0, 0.05) is 5.56 Å². The van der Waals surface area contributed by atoms with E-state index in [1.807, 2.05) is 12.1 Å². The van der Waals surface area contributed by atoms with E-state index in [9.17, 15) is 0 Å². The van der Waals surface area contributed by atoms with Gasteiger partial charge in [0.1, 0.15) is 12.4 Å². The molecule has 2 aromatic carbocycles. The maximum absolute atomic E-state index is 5.78. The largest absolute Gasteiger partial charge is 0.488 e. The minimum atomic E-state index is 0.567. The van der Waals surface area contributed by atoms with E-state index in [1.165, 1.54) is 22.3 Å². The normalized spacial score (nSPS) is 12.9. The van der Waals surface area contributed by atoms with Crippen LogP contribution in [0.1, 0.15) is 30.9 Å². The molecule has 0 aliphatic carbocycles. The van der Waals surface area contributed by atoms with Crippen molar-refractivity contribution in [3.8, 4) is 16.9 Å². The van der Waals surface area contributed by atoms with Crippen molar-refractivity contribution in [1.29, 1.82) is 0 Å². The monoisotopic (exact) mass is 224 g/mol. The molecule has 1 aliphatic rings. The molecular weight excluding hydrogens is 208 g/mol. The Labute approximate surface area is 102 Å². The molecule has 1 heterocycles. The Kier molecular flexibility index (Phi) is 2.40. The zero-order valence-electron chi connectivity index (χ0n) is 10.2. The summed E-state index contributed by atoms with van der Waals surface area (Å²) in [5.74, 6) is 1.56. The molecule has 0 fully saturated rings. The van der Waals surface area contributed by atoms with E-state index in [0.717, 1.165) is 5.75 Å². The van der Waals surface area contributed by atoms with Gasteiger partial charge in [0.15, 0.2) is 0 Å². The lowest BCUT2D eigenvalue weighted by Crippen LogP contribution is -2.06. The zero-order chi connectivity index (χ0) is 11.8. The number of benzene rings is 2. The average molecular weight is 224 g/mol. The second kappa shape index (κ2) is 3.92. The summed E-state index contributed by atoms with van der Waals surface area (Å²) in [6, 6.07) is 15.0. The van der Waals surface area contributed by atoms with Crippen LogP contribution in [0, 0.1) is 0 Å². The first-order chi connectivity index (χ1) is 8.25. The molecular formula is C16H16O. The third-order valence-corrected chi connectivity index (χ3v) is 3.36. The van der Waals surface area contributed by atoms with Crippen LogP contribution in [0.5, 0.6) is 5.75 Å². The van der Waals surface area contributed by atoms with E-state index < -0.39 is 0 Å². The van der Waals surface area contributed by atoms with Gasteiger partial charge in [-0.05, 0) is 28.7 Å². The standard InChI is InChI=1S/C16H16O/c1-11(2)12-7-8-14-13(9-12)10-17-16-6-4-3-5-15(14)16/h3-9,11H,10H2,1-2H3. The summed E-state index contributed by atoms with van der Waals surface area (Å²) in [5, 5.41) is 0. The van der Waals surface area contributed by atoms with Crippen molar-refractivity contribution >= 4 is 0 Å². The Bertz CT molecular complexity index is 555. The molecule has 2 aromatic rings. The topological polar surface area (TPSA) is 9.23 Å². The highest BCUT2D eigenvalue weighted by Gasteiger charge is 2.17. The summed E-state index contributed by atoms with van der Waals surface area (Å²) in [4.78, 5) is 0. The molecule has 0 atom stereocenters. The van der Waals surface area contributed by atoms with Crippen LogP contribution in [0.2, 0.25) is 0 Å². The summed E-state index contributed by atoms with van der Waals surface area (Å²) in [6.07, 6.45) is 0. The van der Waals surface area contributed by atoms with Crippen molar-refractivity contribution in [2.24, 2.45) is 0 Å². The van der Waals surface area contributed by atoms with Crippen LogP contribution >= 0.6 is 0 Å². The Morgan fingerprint density at radius 3 is 2.65 bits per heavy atom. The van der Waals surface area contributed by atoms with Crippen LogP contribution in [0.15, 0.2) is 42.5 Å². The molecule has 0 N–H and O–H groups in total. The van der Waals surface area contributed by atoms with Gasteiger partial charge in [0.2, 0.25) is 0 Å². The van der Waals surface area contributed by atoms with Gasteiger partial charge in [-0.15, -0.1) is 0 Å². The molecule has 0 unspecified atom stereocenters. The number of hydrogen-bond donors (Lipinski definition) is 0. The van der Waals surface area contributed by atoms with Crippen molar-refractivity contribution in [2.75, 3.05) is 0 Å². The average Bonchev–Trinajstić information content (AvgIpc) is 2.38. The summed E-state index contributed by atoms with van der Waals surface area (Å²) in [5.41, 5.74) is 5.21. The smallest absolute Gasteiger partial charge is 0.127 e. The van der Waals surface area contributed by atoms with E-state index in [-0.39, 0.29) is 0 Å². The fourth-order valence-corrected chi connectivity index (χ4v) is 2.33. The van der Waals surface area contributed by atoms with Crippen molar-refractivity contribution in [3.63, 3.8) is 0 Å². The summed E-state index contributed by atoms with van der Waals surface area (Å²) >= 11 is 0. The van der Waals surface area contributed by atoms with Crippen molar-refractivity contribution in [2.45, 2.75) is 26.4 Å². The van der Waals surface area contributed by atoms with Crippen LogP contribution in [-0.4, -0.2) is 0 Å². The van der Waals surface area contributed by atoms with Gasteiger partial charge in [-0.25, -0.2) is 0 Å². The zero-order valence-corrected chi connectivity index (χ0v) is 10.2. The molecule has 1 heteroatoms. The van der Waals surface area contributed by atoms with Crippen LogP contribution in [-0.2, 0) is 6.61 Å². The van der Waals surface area contributed by atoms with E-state index >= 15 is 0 Å². The lowest BCUT2D eigenvalue weighted by molar-refractivity contribution is 0.302. The van der Waals surface area contributed by atoms with Crippen LogP contribution < -0.4 is 4.74 Å². The van der Waals surface area contributed by atoms with Gasteiger partial charge < -0.3 is 4.74 Å². The SMILES string of the molecule is CC(C)c1ccc2c(c1)COc1ccccc1-2. The second-order valence-electron chi connectivity index (χ2n) is 4.86. The molecule has 0 bridgehead atoms. The Balaban J connectivity index is 2.15. The fourth-order valence-electron chi connectivity index (χ4n) is 2.33. The molecule has 1 aliphatic heterocycles. The van der Waals surface area contributed by atoms with Crippen molar-refractivity contribution in [1.82, 2.24) is 0 Å². The Morgan fingerprint density at radius 2 is 1.82 bits per heavy atom. The predicted molar refractivity (Wildman–Crippen MR) is 70.3 cm³/mol. The highest BCUT2D eigenvalue weighted by Crippen LogP contribution is 2.38. The van der Waals surface area contributed by atoms with Crippen molar-refractivity contribution < 1.29 is 4.74 Å². The highest BCUT2D eigenvalue weighted by atomic mass is 16.5. The number of fused-ring (bicyclic) bond motifs is 3. The lowest BCUT2D eigenvalue weighted by atomic mass is 9.92. The molecule has 0 radical (unpaired) electrons. The van der Waals surface area contributed by atoms with Gasteiger partial charge in [0.05, 0.1) is 0 Å². The van der Waals surface area contributed by atoms with Gasteiger partial charge >= 0.3 is 0 Å². The molecule has 0 saturated carbocycles. The fraction of sp³-hybridized carbons (Fsp3) is 0.250. The summed E-state index contributed by atoms with van der Waals surface area (Å²) in [6.45, 7) is 5.13. The number of rotatable bonds is 1. The van der Waals surface area contributed by atoms with Crippen molar-refractivity contribution in [3.05, 3.63) is 53.6 Å². The van der Waals surface area contributed by atoms with Crippen LogP contribution in [0.4, 0.5) is 0 Å². The van der Waals surface area contributed by atoms with E-state index in [0.29, 0.717) is 12.5 Å². The highest BCUT2D eigenvalue weighted by molar-refractivity contribution is 5.75. The molecule has 0 amide bonds. The Morgan fingerprint density at radius 1 is 1.00 bits per heavy atom. The first kappa shape index (κ1) is 10.4. The Hall–Kier alpha value is -1.76. The third kappa shape index (κ3) is 1.72. The number of para-hydroxylation sites is 1. The summed E-state index contributed by atoms with van der Waals surface area (Å²) in [7, 11) is 0. The first-order valence-electron chi connectivity index (χ1n) is 6.11. The first-order valence-corrected chi connectivity index (χ1v) is 6.11. The number of ether oxygens (including phenoxy) is 1. The molecule has 3 rings (SSSR count). The van der Waals surface area contributed by atoms with Crippen LogP contribution in [0.25, 0.3) is 11.1 Å². The third-order valence-electron chi connectivity index (χ3n) is 3.36. The van der Waals surface area contributed by atoms with Crippen LogP contribution in [0.3, 0.4) is 0 Å². The minimum absolute atomic E-state index is 0.567. The van der Waals surface area contributed by atoms with E-state index in [1.54, 1.807) is 0 Å². The minimum Gasteiger partial charge on any atom is -0.488 e. The molecule has 17 heavy (non-hydrogen) atoms. The molecule has 86 valence electrons. The molecule has 0 aromatic heterocycles.